The van der Waals surface area contributed by atoms with Crippen LogP contribution in [0.15, 0.2) is 24.4 Å². The molecule has 1 aromatic carbocycles. The summed E-state index contributed by atoms with van der Waals surface area (Å²) in [4.78, 5) is 27.9. The molecule has 0 bridgehead atoms. The fraction of sp³-hybridized carbons (Fsp3) is 0.500. The van der Waals surface area contributed by atoms with Gasteiger partial charge in [0.05, 0.1) is 25.4 Å². The van der Waals surface area contributed by atoms with Crippen molar-refractivity contribution in [3.05, 3.63) is 40.7 Å². The van der Waals surface area contributed by atoms with E-state index in [2.05, 4.69) is 14.9 Å². The molecule has 0 unspecified atom stereocenters. The third kappa shape index (κ3) is 5.37. The third-order valence-electron chi connectivity index (χ3n) is 5.52. The minimum Gasteiger partial charge on any atom is -0.497 e. The van der Waals surface area contributed by atoms with Crippen LogP contribution in [0.5, 0.6) is 11.5 Å². The molecule has 0 atom stereocenters. The number of ether oxygens (including phenoxy) is 2. The third-order valence-corrected chi connectivity index (χ3v) is 5.80. The number of carbonyl (C=O) groups is 1. The van der Waals surface area contributed by atoms with Crippen molar-refractivity contribution in [3.63, 3.8) is 0 Å². The lowest BCUT2D eigenvalue weighted by atomic mass is 10.1. The highest BCUT2D eigenvalue weighted by molar-refractivity contribution is 6.33. The van der Waals surface area contributed by atoms with Gasteiger partial charge < -0.3 is 19.3 Å². The molecule has 0 saturated carbocycles. The van der Waals surface area contributed by atoms with Crippen molar-refractivity contribution in [3.8, 4) is 11.5 Å². The summed E-state index contributed by atoms with van der Waals surface area (Å²) in [6.45, 7) is 9.01. The lowest BCUT2D eigenvalue weighted by Crippen LogP contribution is -2.48. The standard InChI is InChI=1S/C22H30ClN5O3/c1-5-27(6-2)22-24-14-18(23)20(25-22)21(29)28-11-9-26(10-12-28)15-16-13-17(30-3)7-8-19(16)31-4/h7-8,13-14H,5-6,9-12,15H2,1-4H3. The monoisotopic (exact) mass is 447 g/mol. The van der Waals surface area contributed by atoms with Gasteiger partial charge in [-0.05, 0) is 32.0 Å². The first-order chi connectivity index (χ1) is 15.0. The Kier molecular flexibility index (Phi) is 7.92. The molecule has 1 aromatic heterocycles. The number of carbonyl (C=O) groups excluding carboxylic acids is 1. The van der Waals surface area contributed by atoms with Gasteiger partial charge in [-0.2, -0.15) is 0 Å². The highest BCUT2D eigenvalue weighted by atomic mass is 35.5. The summed E-state index contributed by atoms with van der Waals surface area (Å²) in [7, 11) is 3.32. The number of anilines is 1. The summed E-state index contributed by atoms with van der Waals surface area (Å²) in [5, 5.41) is 0.282. The van der Waals surface area contributed by atoms with Crippen molar-refractivity contribution in [1.29, 1.82) is 0 Å². The maximum atomic E-state index is 13.1. The Morgan fingerprint density at radius 3 is 2.45 bits per heavy atom. The van der Waals surface area contributed by atoms with Crippen molar-refractivity contribution in [2.75, 3.05) is 58.4 Å². The topological polar surface area (TPSA) is 71.0 Å². The smallest absolute Gasteiger partial charge is 0.274 e. The number of rotatable bonds is 8. The van der Waals surface area contributed by atoms with E-state index >= 15 is 0 Å². The zero-order valence-corrected chi connectivity index (χ0v) is 19.4. The van der Waals surface area contributed by atoms with Crippen molar-refractivity contribution in [2.24, 2.45) is 0 Å². The van der Waals surface area contributed by atoms with Gasteiger partial charge >= 0.3 is 0 Å². The fourth-order valence-corrected chi connectivity index (χ4v) is 3.84. The molecular weight excluding hydrogens is 418 g/mol. The van der Waals surface area contributed by atoms with Crippen LogP contribution in [-0.2, 0) is 6.54 Å². The van der Waals surface area contributed by atoms with E-state index in [1.54, 1.807) is 19.1 Å². The van der Waals surface area contributed by atoms with E-state index in [9.17, 15) is 4.79 Å². The molecule has 2 aromatic rings. The average Bonchev–Trinajstić information content (AvgIpc) is 2.80. The van der Waals surface area contributed by atoms with Crippen LogP contribution < -0.4 is 14.4 Å². The number of methoxy groups -OCH3 is 2. The Bertz CT molecular complexity index is 899. The van der Waals surface area contributed by atoms with E-state index in [0.717, 1.165) is 49.8 Å². The molecule has 1 fully saturated rings. The number of hydrogen-bond acceptors (Lipinski definition) is 7. The van der Waals surface area contributed by atoms with Crippen LogP contribution in [0, 0.1) is 0 Å². The van der Waals surface area contributed by atoms with Gasteiger partial charge in [0.2, 0.25) is 5.95 Å². The Labute approximate surface area is 188 Å². The molecule has 3 rings (SSSR count). The first-order valence-corrected chi connectivity index (χ1v) is 10.9. The Morgan fingerprint density at radius 1 is 1.13 bits per heavy atom. The lowest BCUT2D eigenvalue weighted by Gasteiger charge is -2.35. The highest BCUT2D eigenvalue weighted by Gasteiger charge is 2.26. The largest absolute Gasteiger partial charge is 0.497 e. The number of benzene rings is 1. The maximum absolute atomic E-state index is 13.1. The zero-order valence-electron chi connectivity index (χ0n) is 18.6. The van der Waals surface area contributed by atoms with Crippen molar-refractivity contribution in [1.82, 2.24) is 19.8 Å². The molecule has 2 heterocycles. The molecular formula is C22H30ClN5O3. The van der Waals surface area contributed by atoms with E-state index in [-0.39, 0.29) is 16.6 Å². The molecule has 0 N–H and O–H groups in total. The van der Waals surface area contributed by atoms with Gasteiger partial charge in [0.25, 0.3) is 5.91 Å². The first kappa shape index (κ1) is 23.1. The van der Waals surface area contributed by atoms with Crippen LogP contribution in [0.3, 0.4) is 0 Å². The molecule has 0 spiro atoms. The molecule has 9 heteroatoms. The number of halogens is 1. The Balaban J connectivity index is 1.66. The lowest BCUT2D eigenvalue weighted by molar-refractivity contribution is 0.0621. The molecule has 1 aliphatic rings. The normalized spacial score (nSPS) is 14.4. The van der Waals surface area contributed by atoms with Gasteiger partial charge in [0.15, 0.2) is 5.69 Å². The Morgan fingerprint density at radius 2 is 1.84 bits per heavy atom. The van der Waals surface area contributed by atoms with Gasteiger partial charge in [-0.15, -0.1) is 0 Å². The molecule has 168 valence electrons. The first-order valence-electron chi connectivity index (χ1n) is 10.5. The molecule has 1 aliphatic heterocycles. The number of nitrogens with zero attached hydrogens (tertiary/aromatic N) is 5. The number of hydrogen-bond donors (Lipinski definition) is 0. The molecule has 1 amide bonds. The van der Waals surface area contributed by atoms with Crippen LogP contribution in [0.2, 0.25) is 5.02 Å². The molecule has 0 radical (unpaired) electrons. The summed E-state index contributed by atoms with van der Waals surface area (Å²) < 4.78 is 10.8. The minimum absolute atomic E-state index is 0.153. The summed E-state index contributed by atoms with van der Waals surface area (Å²) >= 11 is 6.27. The molecule has 0 aliphatic carbocycles. The molecule has 8 nitrogen and oxygen atoms in total. The zero-order chi connectivity index (χ0) is 22.4. The summed E-state index contributed by atoms with van der Waals surface area (Å²) in [6, 6.07) is 5.79. The minimum atomic E-state index is -0.153. The predicted octanol–water partition coefficient (Wildman–Crippen LogP) is 2.95. The van der Waals surface area contributed by atoms with Crippen molar-refractivity contribution >= 4 is 23.5 Å². The number of piperazine rings is 1. The number of aromatic nitrogens is 2. The summed E-state index contributed by atoms with van der Waals surface area (Å²) in [5.41, 5.74) is 1.32. The van der Waals surface area contributed by atoms with Crippen LogP contribution in [0.1, 0.15) is 29.9 Å². The quantitative estimate of drug-likeness (QED) is 0.616. The number of amides is 1. The average molecular weight is 448 g/mol. The second-order valence-electron chi connectivity index (χ2n) is 7.28. The predicted molar refractivity (Wildman–Crippen MR) is 121 cm³/mol. The Hall–Kier alpha value is -2.58. The van der Waals surface area contributed by atoms with Gasteiger partial charge in [-0.1, -0.05) is 11.6 Å². The van der Waals surface area contributed by atoms with E-state index in [1.165, 1.54) is 6.20 Å². The van der Waals surface area contributed by atoms with Gasteiger partial charge in [-0.3, -0.25) is 9.69 Å². The van der Waals surface area contributed by atoms with Crippen molar-refractivity contribution < 1.29 is 14.3 Å². The van der Waals surface area contributed by atoms with Crippen LogP contribution in [0.25, 0.3) is 0 Å². The molecule has 1 saturated heterocycles. The van der Waals surface area contributed by atoms with Gasteiger partial charge in [-0.25, -0.2) is 9.97 Å². The molecule has 31 heavy (non-hydrogen) atoms. The van der Waals surface area contributed by atoms with E-state index in [0.29, 0.717) is 19.0 Å². The van der Waals surface area contributed by atoms with Crippen LogP contribution in [-0.4, -0.2) is 79.2 Å². The summed E-state index contributed by atoms with van der Waals surface area (Å²) in [5.74, 6) is 2.00. The highest BCUT2D eigenvalue weighted by Crippen LogP contribution is 2.26. The van der Waals surface area contributed by atoms with Crippen LogP contribution >= 0.6 is 11.6 Å². The fourth-order valence-electron chi connectivity index (χ4n) is 3.67. The second-order valence-corrected chi connectivity index (χ2v) is 7.69. The van der Waals surface area contributed by atoms with Gasteiger partial charge in [0.1, 0.15) is 11.5 Å². The van der Waals surface area contributed by atoms with Crippen LogP contribution in [0.4, 0.5) is 5.95 Å². The SMILES string of the molecule is CCN(CC)c1ncc(Cl)c(C(=O)N2CCN(Cc3cc(OC)ccc3OC)CC2)n1. The van der Waals surface area contributed by atoms with Gasteiger partial charge in [0, 0.05) is 51.4 Å². The van der Waals surface area contributed by atoms with E-state index < -0.39 is 0 Å². The van der Waals surface area contributed by atoms with E-state index in [4.69, 9.17) is 21.1 Å². The summed E-state index contributed by atoms with van der Waals surface area (Å²) in [6.07, 6.45) is 1.51. The van der Waals surface area contributed by atoms with Crippen molar-refractivity contribution in [2.45, 2.75) is 20.4 Å². The second kappa shape index (κ2) is 10.6. The maximum Gasteiger partial charge on any atom is 0.274 e. The van der Waals surface area contributed by atoms with E-state index in [1.807, 2.05) is 36.9 Å².